The van der Waals surface area contributed by atoms with E-state index in [1.807, 2.05) is 0 Å². The summed E-state index contributed by atoms with van der Waals surface area (Å²) in [4.78, 5) is 11.0. The molecule has 0 aliphatic carbocycles. The van der Waals surface area contributed by atoms with Gasteiger partial charge < -0.3 is 9.84 Å². The van der Waals surface area contributed by atoms with Gasteiger partial charge in [0, 0.05) is 31.4 Å². The van der Waals surface area contributed by atoms with Crippen molar-refractivity contribution in [3.05, 3.63) is 18.1 Å². The minimum atomic E-state index is -0.884. The number of aliphatic hydroxyl groups is 1. The van der Waals surface area contributed by atoms with Crippen LogP contribution in [-0.4, -0.2) is 46.2 Å². The van der Waals surface area contributed by atoms with Crippen molar-refractivity contribution in [2.24, 2.45) is 5.92 Å². The molecule has 5 heteroatoms. The van der Waals surface area contributed by atoms with E-state index < -0.39 is 5.60 Å². The molecule has 3 atom stereocenters. The fourth-order valence-corrected chi connectivity index (χ4v) is 3.53. The first kappa shape index (κ1) is 14.7. The normalized spacial score (nSPS) is 30.8. The SMILES string of the molecule is CCCCCCOc1nccnc1[C@@]1(O)CN2CC[C@H]1C2. The van der Waals surface area contributed by atoms with Gasteiger partial charge in [-0.2, -0.15) is 0 Å². The monoisotopic (exact) mass is 291 g/mol. The molecule has 1 aromatic heterocycles. The van der Waals surface area contributed by atoms with Crippen molar-refractivity contribution >= 4 is 0 Å². The number of ether oxygens (including phenoxy) is 1. The molecule has 2 fully saturated rings. The summed E-state index contributed by atoms with van der Waals surface area (Å²) in [5.74, 6) is 0.780. The Morgan fingerprint density at radius 3 is 2.90 bits per heavy atom. The Bertz CT molecular complexity index is 482. The van der Waals surface area contributed by atoms with E-state index >= 15 is 0 Å². The highest BCUT2D eigenvalue weighted by atomic mass is 16.5. The van der Waals surface area contributed by atoms with Crippen LogP contribution in [0.25, 0.3) is 0 Å². The summed E-state index contributed by atoms with van der Waals surface area (Å²) in [7, 11) is 0. The molecule has 2 saturated heterocycles. The Kier molecular flexibility index (Phi) is 4.40. The molecule has 0 spiro atoms. The molecule has 0 saturated carbocycles. The van der Waals surface area contributed by atoms with Gasteiger partial charge in [-0.3, -0.25) is 9.88 Å². The second-order valence-electron chi connectivity index (χ2n) is 6.26. The zero-order chi connectivity index (χ0) is 14.7. The number of hydrogen-bond acceptors (Lipinski definition) is 5. The predicted octanol–water partition coefficient (Wildman–Crippen LogP) is 1.96. The zero-order valence-corrected chi connectivity index (χ0v) is 12.8. The summed E-state index contributed by atoms with van der Waals surface area (Å²) >= 11 is 0. The lowest BCUT2D eigenvalue weighted by Crippen LogP contribution is -2.40. The van der Waals surface area contributed by atoms with Crippen LogP contribution in [0.1, 0.15) is 44.7 Å². The van der Waals surface area contributed by atoms with Crippen LogP contribution in [0.5, 0.6) is 5.88 Å². The van der Waals surface area contributed by atoms with Gasteiger partial charge >= 0.3 is 0 Å². The largest absolute Gasteiger partial charge is 0.476 e. The van der Waals surface area contributed by atoms with Crippen LogP contribution >= 0.6 is 0 Å². The quantitative estimate of drug-likeness (QED) is 0.778. The molecule has 0 radical (unpaired) electrons. The summed E-state index contributed by atoms with van der Waals surface area (Å²) in [6, 6.07) is 0. The molecule has 2 aliphatic rings. The molecule has 0 amide bonds. The van der Waals surface area contributed by atoms with Crippen LogP contribution in [0.2, 0.25) is 0 Å². The third kappa shape index (κ3) is 2.90. The average molecular weight is 291 g/mol. The van der Waals surface area contributed by atoms with E-state index in [0.29, 0.717) is 24.7 Å². The predicted molar refractivity (Wildman–Crippen MR) is 80.1 cm³/mol. The van der Waals surface area contributed by atoms with Crippen LogP contribution in [0.4, 0.5) is 0 Å². The first-order valence-corrected chi connectivity index (χ1v) is 8.13. The highest BCUT2D eigenvalue weighted by molar-refractivity contribution is 5.28. The number of aromatic nitrogens is 2. The maximum absolute atomic E-state index is 11.1. The fraction of sp³-hybridized carbons (Fsp3) is 0.750. The van der Waals surface area contributed by atoms with Crippen molar-refractivity contribution < 1.29 is 9.84 Å². The van der Waals surface area contributed by atoms with Crippen molar-refractivity contribution in [3.63, 3.8) is 0 Å². The Balaban J connectivity index is 1.68. The Labute approximate surface area is 126 Å². The molecule has 2 bridgehead atoms. The van der Waals surface area contributed by atoms with Gasteiger partial charge in [0.15, 0.2) is 0 Å². The van der Waals surface area contributed by atoms with Crippen molar-refractivity contribution in [3.8, 4) is 5.88 Å². The molecule has 116 valence electrons. The van der Waals surface area contributed by atoms with Crippen molar-refractivity contribution in [1.29, 1.82) is 0 Å². The number of nitrogens with zero attached hydrogens (tertiary/aromatic N) is 3. The summed E-state index contributed by atoms with van der Waals surface area (Å²) < 4.78 is 5.82. The summed E-state index contributed by atoms with van der Waals surface area (Å²) in [6.45, 7) is 5.55. The molecule has 1 aromatic rings. The lowest BCUT2D eigenvalue weighted by atomic mass is 9.84. The molecular weight excluding hydrogens is 266 g/mol. The Hall–Kier alpha value is -1.20. The lowest BCUT2D eigenvalue weighted by molar-refractivity contribution is -0.0168. The van der Waals surface area contributed by atoms with Gasteiger partial charge in [-0.1, -0.05) is 26.2 Å². The minimum Gasteiger partial charge on any atom is -0.476 e. The molecule has 1 N–H and O–H groups in total. The van der Waals surface area contributed by atoms with Crippen LogP contribution < -0.4 is 4.74 Å². The molecule has 21 heavy (non-hydrogen) atoms. The van der Waals surface area contributed by atoms with Gasteiger partial charge in [-0.25, -0.2) is 4.98 Å². The molecule has 2 aliphatic heterocycles. The smallest absolute Gasteiger partial charge is 0.238 e. The van der Waals surface area contributed by atoms with Gasteiger partial charge in [0.2, 0.25) is 5.88 Å². The van der Waals surface area contributed by atoms with E-state index in [9.17, 15) is 5.11 Å². The van der Waals surface area contributed by atoms with E-state index in [2.05, 4.69) is 21.8 Å². The number of hydrogen-bond donors (Lipinski definition) is 1. The van der Waals surface area contributed by atoms with Gasteiger partial charge in [0.05, 0.1) is 6.61 Å². The van der Waals surface area contributed by atoms with Gasteiger partial charge in [0.1, 0.15) is 11.3 Å². The first-order chi connectivity index (χ1) is 10.2. The summed E-state index contributed by atoms with van der Waals surface area (Å²) in [5.41, 5.74) is -0.252. The van der Waals surface area contributed by atoms with E-state index in [1.165, 1.54) is 19.3 Å². The van der Waals surface area contributed by atoms with E-state index in [-0.39, 0.29) is 5.92 Å². The molecule has 0 aromatic carbocycles. The second kappa shape index (κ2) is 6.28. The van der Waals surface area contributed by atoms with Crippen molar-refractivity contribution in [1.82, 2.24) is 14.9 Å². The molecule has 3 rings (SSSR count). The lowest BCUT2D eigenvalue weighted by Gasteiger charge is -2.32. The molecule has 5 nitrogen and oxygen atoms in total. The van der Waals surface area contributed by atoms with Crippen LogP contribution in [0.3, 0.4) is 0 Å². The molecule has 1 unspecified atom stereocenters. The molecular formula is C16H25N3O2. The highest BCUT2D eigenvalue weighted by Crippen LogP contribution is 2.44. The fourth-order valence-electron chi connectivity index (χ4n) is 3.53. The van der Waals surface area contributed by atoms with Crippen LogP contribution in [-0.2, 0) is 5.60 Å². The van der Waals surface area contributed by atoms with E-state index in [0.717, 1.165) is 25.9 Å². The van der Waals surface area contributed by atoms with Crippen molar-refractivity contribution in [2.45, 2.75) is 44.6 Å². The van der Waals surface area contributed by atoms with Crippen LogP contribution in [0.15, 0.2) is 12.4 Å². The van der Waals surface area contributed by atoms with Crippen LogP contribution in [0, 0.1) is 5.92 Å². The van der Waals surface area contributed by atoms with E-state index in [4.69, 9.17) is 4.74 Å². The average Bonchev–Trinajstić information content (AvgIpc) is 3.08. The first-order valence-electron chi connectivity index (χ1n) is 8.13. The third-order valence-electron chi connectivity index (χ3n) is 4.72. The topological polar surface area (TPSA) is 58.5 Å². The zero-order valence-electron chi connectivity index (χ0n) is 12.8. The van der Waals surface area contributed by atoms with E-state index in [1.54, 1.807) is 12.4 Å². The Morgan fingerprint density at radius 1 is 1.33 bits per heavy atom. The van der Waals surface area contributed by atoms with Crippen molar-refractivity contribution in [2.75, 3.05) is 26.2 Å². The number of piperidine rings is 1. The van der Waals surface area contributed by atoms with Gasteiger partial charge in [0.25, 0.3) is 0 Å². The standard InChI is InChI=1S/C16H25N3O2/c1-2-3-4-5-10-21-15-14(17-7-8-18-15)16(20)12-19-9-6-13(16)11-19/h7-8,13,20H,2-6,9-12H2,1H3/t13-,16+/m0/s1. The summed E-state index contributed by atoms with van der Waals surface area (Å²) in [5, 5.41) is 11.1. The highest BCUT2D eigenvalue weighted by Gasteiger charge is 2.52. The summed E-state index contributed by atoms with van der Waals surface area (Å²) in [6.07, 6.45) is 8.97. The maximum Gasteiger partial charge on any atom is 0.238 e. The maximum atomic E-state index is 11.1. The number of rotatable bonds is 7. The van der Waals surface area contributed by atoms with Gasteiger partial charge in [-0.05, 0) is 19.4 Å². The van der Waals surface area contributed by atoms with Gasteiger partial charge in [-0.15, -0.1) is 0 Å². The number of unbranched alkanes of at least 4 members (excludes halogenated alkanes) is 3. The third-order valence-corrected chi connectivity index (χ3v) is 4.72. The Morgan fingerprint density at radius 2 is 2.19 bits per heavy atom. The minimum absolute atomic E-state index is 0.261. The molecule has 3 heterocycles. The second-order valence-corrected chi connectivity index (χ2v) is 6.26. The number of fused-ring (bicyclic) bond motifs is 2.